The number of ether oxygens (including phenoxy) is 1. The Balaban J connectivity index is 1.81. The Morgan fingerprint density at radius 3 is 2.17 bits per heavy atom. The normalized spacial score (nSPS) is 12.4. The SMILES string of the molecule is CC(C)NCC(O)COc1ccc(Sc2ccc(Cl)cc2)cc1. The van der Waals surface area contributed by atoms with Gasteiger partial charge in [0.25, 0.3) is 0 Å². The summed E-state index contributed by atoms with van der Waals surface area (Å²) in [4.78, 5) is 2.26. The van der Waals surface area contributed by atoms with Crippen molar-refractivity contribution in [1.29, 1.82) is 0 Å². The molecule has 2 rings (SSSR count). The predicted molar refractivity (Wildman–Crippen MR) is 96.7 cm³/mol. The van der Waals surface area contributed by atoms with E-state index >= 15 is 0 Å². The van der Waals surface area contributed by atoms with Gasteiger partial charge in [-0.05, 0) is 48.5 Å². The lowest BCUT2D eigenvalue weighted by Crippen LogP contribution is -2.35. The van der Waals surface area contributed by atoms with E-state index in [0.717, 1.165) is 20.6 Å². The molecule has 1 unspecified atom stereocenters. The Kier molecular flexibility index (Phi) is 7.24. The van der Waals surface area contributed by atoms with Crippen molar-refractivity contribution in [3.8, 4) is 5.75 Å². The van der Waals surface area contributed by atoms with Crippen molar-refractivity contribution in [3.05, 3.63) is 53.6 Å². The molecule has 3 nitrogen and oxygen atoms in total. The number of rotatable bonds is 8. The van der Waals surface area contributed by atoms with E-state index in [1.807, 2.05) is 62.4 Å². The van der Waals surface area contributed by atoms with E-state index in [1.54, 1.807) is 11.8 Å². The van der Waals surface area contributed by atoms with E-state index in [2.05, 4.69) is 5.32 Å². The lowest BCUT2D eigenvalue weighted by molar-refractivity contribution is 0.104. The largest absolute Gasteiger partial charge is 0.491 e. The van der Waals surface area contributed by atoms with Gasteiger partial charge in [-0.2, -0.15) is 0 Å². The van der Waals surface area contributed by atoms with Crippen LogP contribution in [0.5, 0.6) is 5.75 Å². The number of benzene rings is 2. The summed E-state index contributed by atoms with van der Waals surface area (Å²) >= 11 is 7.55. The quantitative estimate of drug-likeness (QED) is 0.746. The molecule has 0 saturated heterocycles. The molecule has 0 saturated carbocycles. The number of halogens is 1. The van der Waals surface area contributed by atoms with Gasteiger partial charge in [0.15, 0.2) is 0 Å². The summed E-state index contributed by atoms with van der Waals surface area (Å²) in [6.07, 6.45) is -0.513. The zero-order chi connectivity index (χ0) is 16.7. The molecule has 2 aromatic carbocycles. The summed E-state index contributed by atoms with van der Waals surface area (Å²) in [5, 5.41) is 13.7. The van der Waals surface area contributed by atoms with Crippen LogP contribution in [0.25, 0.3) is 0 Å². The maximum Gasteiger partial charge on any atom is 0.119 e. The molecule has 0 bridgehead atoms. The van der Waals surface area contributed by atoms with E-state index < -0.39 is 6.10 Å². The average Bonchev–Trinajstić information content (AvgIpc) is 2.54. The van der Waals surface area contributed by atoms with Crippen molar-refractivity contribution in [2.75, 3.05) is 13.2 Å². The lowest BCUT2D eigenvalue weighted by Gasteiger charge is -2.15. The number of hydrogen-bond acceptors (Lipinski definition) is 4. The molecule has 124 valence electrons. The van der Waals surface area contributed by atoms with Crippen LogP contribution in [0.1, 0.15) is 13.8 Å². The van der Waals surface area contributed by atoms with Crippen molar-refractivity contribution >= 4 is 23.4 Å². The monoisotopic (exact) mass is 351 g/mol. The molecule has 0 radical (unpaired) electrons. The van der Waals surface area contributed by atoms with E-state index in [1.165, 1.54) is 0 Å². The van der Waals surface area contributed by atoms with Crippen LogP contribution in [0.3, 0.4) is 0 Å². The minimum absolute atomic E-state index is 0.281. The highest BCUT2D eigenvalue weighted by Crippen LogP contribution is 2.29. The molecule has 0 aliphatic heterocycles. The zero-order valence-electron chi connectivity index (χ0n) is 13.3. The number of hydrogen-bond donors (Lipinski definition) is 2. The highest BCUT2D eigenvalue weighted by Gasteiger charge is 2.06. The van der Waals surface area contributed by atoms with Gasteiger partial charge >= 0.3 is 0 Å². The molecule has 1 atom stereocenters. The summed E-state index contributed by atoms with van der Waals surface area (Å²) in [6.45, 7) is 4.90. The van der Waals surface area contributed by atoms with Crippen molar-refractivity contribution in [3.63, 3.8) is 0 Å². The second-order valence-electron chi connectivity index (χ2n) is 5.56. The standard InChI is InChI=1S/C18H22ClNO2S/c1-13(2)20-11-15(21)12-22-16-5-9-18(10-6-16)23-17-7-3-14(19)4-8-17/h3-10,13,15,20-21H,11-12H2,1-2H3. The van der Waals surface area contributed by atoms with Crippen LogP contribution in [0.2, 0.25) is 5.02 Å². The molecule has 0 amide bonds. The van der Waals surface area contributed by atoms with E-state index in [-0.39, 0.29) is 6.61 Å². The third-order valence-corrected chi connectivity index (χ3v) is 4.34. The van der Waals surface area contributed by atoms with Gasteiger partial charge < -0.3 is 15.2 Å². The summed E-state index contributed by atoms with van der Waals surface area (Å²) < 4.78 is 5.60. The van der Waals surface area contributed by atoms with Crippen LogP contribution in [-0.2, 0) is 0 Å². The summed E-state index contributed by atoms with van der Waals surface area (Å²) in [5.41, 5.74) is 0. The fourth-order valence-corrected chi connectivity index (χ4v) is 2.81. The van der Waals surface area contributed by atoms with E-state index in [4.69, 9.17) is 16.3 Å². The summed E-state index contributed by atoms with van der Waals surface area (Å²) in [5.74, 6) is 0.758. The van der Waals surface area contributed by atoms with Crippen molar-refractivity contribution in [2.45, 2.75) is 35.8 Å². The third-order valence-electron chi connectivity index (χ3n) is 3.08. The van der Waals surface area contributed by atoms with Gasteiger partial charge in [0, 0.05) is 27.4 Å². The summed E-state index contributed by atoms with van der Waals surface area (Å²) in [6, 6.07) is 16.0. The van der Waals surface area contributed by atoms with Gasteiger partial charge in [0.1, 0.15) is 18.5 Å². The summed E-state index contributed by atoms with van der Waals surface area (Å²) in [7, 11) is 0. The number of aliphatic hydroxyl groups is 1. The van der Waals surface area contributed by atoms with Gasteiger partial charge in [0.2, 0.25) is 0 Å². The fraction of sp³-hybridized carbons (Fsp3) is 0.333. The van der Waals surface area contributed by atoms with Crippen molar-refractivity contribution < 1.29 is 9.84 Å². The molecule has 2 aromatic rings. The van der Waals surface area contributed by atoms with Crippen LogP contribution < -0.4 is 10.1 Å². The Bertz CT molecular complexity index is 587. The zero-order valence-corrected chi connectivity index (χ0v) is 14.9. The molecule has 0 fully saturated rings. The van der Waals surface area contributed by atoms with Crippen LogP contribution in [0, 0.1) is 0 Å². The number of aliphatic hydroxyl groups excluding tert-OH is 1. The van der Waals surface area contributed by atoms with E-state index in [9.17, 15) is 5.11 Å². The second-order valence-corrected chi connectivity index (χ2v) is 7.14. The predicted octanol–water partition coefficient (Wildman–Crippen LogP) is 4.23. The Morgan fingerprint density at radius 2 is 1.61 bits per heavy atom. The highest BCUT2D eigenvalue weighted by molar-refractivity contribution is 7.99. The topological polar surface area (TPSA) is 41.5 Å². The smallest absolute Gasteiger partial charge is 0.119 e. The van der Waals surface area contributed by atoms with Crippen molar-refractivity contribution in [2.24, 2.45) is 0 Å². The molecule has 0 aromatic heterocycles. The first-order valence-corrected chi connectivity index (χ1v) is 8.80. The first-order valence-electron chi connectivity index (χ1n) is 7.60. The molecule has 5 heteroatoms. The minimum atomic E-state index is -0.513. The molecule has 0 heterocycles. The van der Waals surface area contributed by atoms with Gasteiger partial charge in [-0.25, -0.2) is 0 Å². The molecule has 0 aliphatic rings. The first-order chi connectivity index (χ1) is 11.0. The van der Waals surface area contributed by atoms with Gasteiger partial charge in [-0.1, -0.05) is 37.2 Å². The molecule has 0 aliphatic carbocycles. The fourth-order valence-electron chi connectivity index (χ4n) is 1.87. The maximum absolute atomic E-state index is 9.83. The van der Waals surface area contributed by atoms with Gasteiger partial charge in [-0.15, -0.1) is 0 Å². The molecular formula is C18H22ClNO2S. The second kappa shape index (κ2) is 9.18. The Hall–Kier alpha value is -1.20. The minimum Gasteiger partial charge on any atom is -0.491 e. The molecule has 23 heavy (non-hydrogen) atoms. The lowest BCUT2D eigenvalue weighted by atomic mass is 10.3. The first kappa shape index (κ1) is 18.1. The molecular weight excluding hydrogens is 330 g/mol. The highest BCUT2D eigenvalue weighted by atomic mass is 35.5. The Labute approximate surface area is 147 Å². The Morgan fingerprint density at radius 1 is 1.04 bits per heavy atom. The molecule has 2 N–H and O–H groups in total. The average molecular weight is 352 g/mol. The van der Waals surface area contributed by atoms with Crippen LogP contribution in [-0.4, -0.2) is 30.4 Å². The third kappa shape index (κ3) is 6.83. The van der Waals surface area contributed by atoms with Crippen LogP contribution >= 0.6 is 23.4 Å². The van der Waals surface area contributed by atoms with Crippen LogP contribution in [0.15, 0.2) is 58.3 Å². The van der Waals surface area contributed by atoms with Gasteiger partial charge in [-0.3, -0.25) is 0 Å². The van der Waals surface area contributed by atoms with Gasteiger partial charge in [0.05, 0.1) is 0 Å². The number of nitrogens with one attached hydrogen (secondary N) is 1. The molecule has 0 spiro atoms. The van der Waals surface area contributed by atoms with Crippen molar-refractivity contribution in [1.82, 2.24) is 5.32 Å². The van der Waals surface area contributed by atoms with Crippen LogP contribution in [0.4, 0.5) is 0 Å². The maximum atomic E-state index is 9.83. The van der Waals surface area contributed by atoms with E-state index in [0.29, 0.717) is 12.6 Å².